The number of hydrogen-bond acceptors (Lipinski definition) is 5. The third-order valence-corrected chi connectivity index (χ3v) is 4.91. The molecule has 1 aromatic rings. The molecular weight excluding hydrogens is 294 g/mol. The van der Waals surface area contributed by atoms with Crippen molar-refractivity contribution >= 4 is 23.3 Å². The van der Waals surface area contributed by atoms with Crippen molar-refractivity contribution < 1.29 is 19.4 Å². The van der Waals surface area contributed by atoms with E-state index in [0.29, 0.717) is 5.01 Å². The topological polar surface area (TPSA) is 101 Å². The van der Waals surface area contributed by atoms with E-state index < -0.39 is 5.97 Å². The maximum atomic E-state index is 12.0. The lowest BCUT2D eigenvalue weighted by molar-refractivity contribution is 0.0691. The first-order chi connectivity index (χ1) is 10.0. The average Bonchev–Trinajstić information content (AvgIpc) is 3.14. The van der Waals surface area contributed by atoms with Crippen molar-refractivity contribution in [3.05, 3.63) is 16.1 Å². The number of aromatic nitrogens is 1. The number of urea groups is 1. The quantitative estimate of drug-likeness (QED) is 0.783. The molecule has 1 aromatic heterocycles. The first kappa shape index (κ1) is 14.3. The summed E-state index contributed by atoms with van der Waals surface area (Å²) in [6.45, 7) is 1.78. The monoisotopic (exact) mass is 311 g/mol. The van der Waals surface area contributed by atoms with Crippen molar-refractivity contribution in [3.8, 4) is 0 Å². The van der Waals surface area contributed by atoms with Crippen LogP contribution in [0, 0.1) is 0 Å². The van der Waals surface area contributed by atoms with Gasteiger partial charge in [-0.1, -0.05) is 0 Å². The van der Waals surface area contributed by atoms with Crippen molar-refractivity contribution in [2.24, 2.45) is 0 Å². The average molecular weight is 311 g/mol. The van der Waals surface area contributed by atoms with Crippen LogP contribution in [-0.2, 0) is 4.74 Å². The molecule has 2 fully saturated rings. The lowest BCUT2D eigenvalue weighted by atomic mass is 9.96. The summed E-state index contributed by atoms with van der Waals surface area (Å²) in [6, 6.07) is -0.528. The van der Waals surface area contributed by atoms with E-state index in [1.807, 2.05) is 0 Å². The van der Waals surface area contributed by atoms with Crippen LogP contribution in [0.1, 0.15) is 47.7 Å². The van der Waals surface area contributed by atoms with Gasteiger partial charge in [0.2, 0.25) is 0 Å². The highest BCUT2D eigenvalue weighted by Crippen LogP contribution is 2.34. The molecule has 114 valence electrons. The third-order valence-electron chi connectivity index (χ3n) is 3.88. The van der Waals surface area contributed by atoms with Crippen LogP contribution in [-0.4, -0.2) is 40.3 Å². The summed E-state index contributed by atoms with van der Waals surface area (Å²) in [5.74, 6) is -1.06. The number of amides is 2. The standard InChI is InChI=1S/C13H17N3O4S/c1-6(11-15-9(5-21-11)12(17)18)14-13(19)16-8-4-7-2-3-10(8)20-7/h5-8,10H,2-4H2,1H3,(H,17,18)(H2,14,16,19). The van der Waals surface area contributed by atoms with Crippen LogP contribution < -0.4 is 10.6 Å². The third kappa shape index (κ3) is 3.01. The van der Waals surface area contributed by atoms with Crippen LogP contribution in [0.25, 0.3) is 0 Å². The highest BCUT2D eigenvalue weighted by molar-refractivity contribution is 7.09. The van der Waals surface area contributed by atoms with Gasteiger partial charge in [0.05, 0.1) is 24.3 Å². The number of carbonyl (C=O) groups is 2. The van der Waals surface area contributed by atoms with Crippen LogP contribution in [0.3, 0.4) is 0 Å². The van der Waals surface area contributed by atoms with Gasteiger partial charge in [0, 0.05) is 5.38 Å². The van der Waals surface area contributed by atoms with Gasteiger partial charge in [-0.05, 0) is 26.2 Å². The summed E-state index contributed by atoms with van der Waals surface area (Å²) in [5.41, 5.74) is 0.00515. The second kappa shape index (κ2) is 5.61. The number of nitrogens with zero attached hydrogens (tertiary/aromatic N) is 1. The SMILES string of the molecule is CC(NC(=O)NC1CC2CCC1O2)c1nc(C(=O)O)cs1. The summed E-state index contributed by atoms with van der Waals surface area (Å²) in [4.78, 5) is 26.8. The summed E-state index contributed by atoms with van der Waals surface area (Å²) in [6.07, 6.45) is 3.37. The number of hydrogen-bond donors (Lipinski definition) is 3. The Morgan fingerprint density at radius 3 is 2.90 bits per heavy atom. The number of carboxylic acid groups (broad SMARTS) is 1. The van der Waals surface area contributed by atoms with Gasteiger partial charge < -0.3 is 20.5 Å². The van der Waals surface area contributed by atoms with E-state index in [1.54, 1.807) is 6.92 Å². The molecule has 21 heavy (non-hydrogen) atoms. The first-order valence-electron chi connectivity index (χ1n) is 6.94. The van der Waals surface area contributed by atoms with Crippen LogP contribution in [0.2, 0.25) is 0 Å². The normalized spacial score (nSPS) is 28.3. The molecule has 4 atom stereocenters. The summed E-state index contributed by atoms with van der Waals surface area (Å²) >= 11 is 1.22. The predicted molar refractivity (Wildman–Crippen MR) is 75.5 cm³/mol. The van der Waals surface area contributed by atoms with E-state index in [-0.39, 0.29) is 36.0 Å². The fraction of sp³-hybridized carbons (Fsp3) is 0.615. The van der Waals surface area contributed by atoms with Crippen molar-refractivity contribution in [2.45, 2.75) is 50.5 Å². The number of ether oxygens (including phenoxy) is 1. The van der Waals surface area contributed by atoms with E-state index >= 15 is 0 Å². The van der Waals surface area contributed by atoms with E-state index in [1.165, 1.54) is 16.7 Å². The summed E-state index contributed by atoms with van der Waals surface area (Å²) < 4.78 is 5.69. The first-order valence-corrected chi connectivity index (χ1v) is 7.82. The molecule has 2 bridgehead atoms. The van der Waals surface area contributed by atoms with Gasteiger partial charge in [-0.2, -0.15) is 0 Å². The Morgan fingerprint density at radius 2 is 2.33 bits per heavy atom. The largest absolute Gasteiger partial charge is 0.476 e. The molecular formula is C13H17N3O4S. The minimum atomic E-state index is -1.06. The zero-order chi connectivity index (χ0) is 15.0. The Labute approximate surface area is 125 Å². The number of thiazole rings is 1. The van der Waals surface area contributed by atoms with E-state index in [2.05, 4.69) is 15.6 Å². The van der Waals surface area contributed by atoms with Crippen LogP contribution in [0.15, 0.2) is 5.38 Å². The van der Waals surface area contributed by atoms with Gasteiger partial charge >= 0.3 is 12.0 Å². The highest BCUT2D eigenvalue weighted by atomic mass is 32.1. The molecule has 2 aliphatic rings. The molecule has 3 N–H and O–H groups in total. The number of carboxylic acids is 1. The predicted octanol–water partition coefficient (Wildman–Crippen LogP) is 1.52. The highest BCUT2D eigenvalue weighted by Gasteiger charge is 2.41. The van der Waals surface area contributed by atoms with Gasteiger partial charge in [-0.15, -0.1) is 11.3 Å². The fourth-order valence-corrected chi connectivity index (χ4v) is 3.64. The molecule has 2 aliphatic heterocycles. The molecule has 7 nitrogen and oxygen atoms in total. The van der Waals surface area contributed by atoms with Gasteiger partial charge in [0.25, 0.3) is 0 Å². The van der Waals surface area contributed by atoms with Crippen LogP contribution >= 0.6 is 11.3 Å². The Kier molecular flexibility index (Phi) is 3.81. The van der Waals surface area contributed by atoms with Gasteiger partial charge in [-0.3, -0.25) is 0 Å². The van der Waals surface area contributed by atoms with Crippen LogP contribution in [0.5, 0.6) is 0 Å². The molecule has 0 radical (unpaired) electrons. The Morgan fingerprint density at radius 1 is 1.52 bits per heavy atom. The molecule has 0 aliphatic carbocycles. The lowest BCUT2D eigenvalue weighted by Gasteiger charge is -2.21. The van der Waals surface area contributed by atoms with E-state index in [4.69, 9.17) is 9.84 Å². The summed E-state index contributed by atoms with van der Waals surface area (Å²) in [7, 11) is 0. The number of nitrogens with one attached hydrogen (secondary N) is 2. The van der Waals surface area contributed by atoms with Gasteiger partial charge in [0.15, 0.2) is 5.69 Å². The molecule has 3 rings (SSSR count). The second-order valence-electron chi connectivity index (χ2n) is 5.43. The Balaban J connectivity index is 1.53. The van der Waals surface area contributed by atoms with E-state index in [9.17, 15) is 9.59 Å². The molecule has 4 unspecified atom stereocenters. The minimum Gasteiger partial charge on any atom is -0.476 e. The van der Waals surface area contributed by atoms with Crippen molar-refractivity contribution in [2.75, 3.05) is 0 Å². The molecule has 0 spiro atoms. The number of carbonyl (C=O) groups excluding carboxylic acids is 1. The number of rotatable bonds is 4. The molecule has 0 aromatic carbocycles. The maximum absolute atomic E-state index is 12.0. The zero-order valence-electron chi connectivity index (χ0n) is 11.5. The Hall–Kier alpha value is -1.67. The summed E-state index contributed by atoms with van der Waals surface area (Å²) in [5, 5.41) is 16.6. The molecule has 2 saturated heterocycles. The van der Waals surface area contributed by atoms with Crippen molar-refractivity contribution in [3.63, 3.8) is 0 Å². The second-order valence-corrected chi connectivity index (χ2v) is 6.32. The number of fused-ring (bicyclic) bond motifs is 2. The minimum absolute atomic E-state index is 0.00515. The van der Waals surface area contributed by atoms with E-state index in [0.717, 1.165) is 19.3 Å². The molecule has 8 heteroatoms. The fourth-order valence-electron chi connectivity index (χ4n) is 2.84. The smallest absolute Gasteiger partial charge is 0.355 e. The molecule has 3 heterocycles. The molecule has 0 saturated carbocycles. The van der Waals surface area contributed by atoms with Crippen molar-refractivity contribution in [1.29, 1.82) is 0 Å². The van der Waals surface area contributed by atoms with Gasteiger partial charge in [-0.25, -0.2) is 14.6 Å². The lowest BCUT2D eigenvalue weighted by Crippen LogP contribution is -2.46. The van der Waals surface area contributed by atoms with Crippen molar-refractivity contribution in [1.82, 2.24) is 15.6 Å². The Bertz CT molecular complexity index is 561. The van der Waals surface area contributed by atoms with Crippen LogP contribution in [0.4, 0.5) is 4.79 Å². The van der Waals surface area contributed by atoms with Gasteiger partial charge in [0.1, 0.15) is 5.01 Å². The molecule has 2 amide bonds. The zero-order valence-corrected chi connectivity index (χ0v) is 12.4. The number of aromatic carboxylic acids is 1. The maximum Gasteiger partial charge on any atom is 0.355 e.